The fraction of sp³-hybridized carbons (Fsp3) is 0.600. The Bertz CT molecular complexity index is 344. The number of hydrogen-bond donors (Lipinski definition) is 2. The van der Waals surface area contributed by atoms with Gasteiger partial charge in [-0.25, -0.2) is 0 Å². The zero-order valence-electron chi connectivity index (χ0n) is 12.0. The van der Waals surface area contributed by atoms with Crippen molar-refractivity contribution >= 4 is 5.69 Å². The third kappa shape index (κ3) is 4.00. The monoisotopic (exact) mass is 250 g/mol. The Hall–Kier alpha value is -1.06. The molecule has 0 bridgehead atoms. The van der Waals surface area contributed by atoms with Crippen LogP contribution in [0.5, 0.6) is 0 Å². The average molecular weight is 250 g/mol. The van der Waals surface area contributed by atoms with E-state index in [0.29, 0.717) is 0 Å². The number of aliphatic hydroxyl groups excluding tert-OH is 1. The maximum absolute atomic E-state index is 9.36. The Balaban J connectivity index is 2.56. The summed E-state index contributed by atoms with van der Waals surface area (Å²) in [5.41, 5.74) is 2.39. The molecule has 0 saturated carbocycles. The van der Waals surface area contributed by atoms with Crippen molar-refractivity contribution in [2.24, 2.45) is 0 Å². The molecule has 1 aromatic carbocycles. The number of nitrogens with one attached hydrogen (secondary N) is 1. The molecule has 0 spiro atoms. The molecule has 1 unspecified atom stereocenters. The van der Waals surface area contributed by atoms with Gasteiger partial charge in [0.25, 0.3) is 0 Å². The van der Waals surface area contributed by atoms with Gasteiger partial charge < -0.3 is 15.3 Å². The van der Waals surface area contributed by atoms with E-state index in [9.17, 15) is 5.11 Å². The van der Waals surface area contributed by atoms with Gasteiger partial charge in [-0.2, -0.15) is 0 Å². The largest absolute Gasteiger partial charge is 0.394 e. The summed E-state index contributed by atoms with van der Waals surface area (Å²) in [5.74, 6) is 0. The van der Waals surface area contributed by atoms with Crippen molar-refractivity contribution in [3.63, 3.8) is 0 Å². The van der Waals surface area contributed by atoms with Crippen LogP contribution in [0.3, 0.4) is 0 Å². The van der Waals surface area contributed by atoms with Gasteiger partial charge in [-0.1, -0.05) is 19.1 Å². The van der Waals surface area contributed by atoms with Gasteiger partial charge in [-0.3, -0.25) is 0 Å². The number of likely N-dealkylation sites (N-methyl/N-ethyl adjacent to an activating group) is 1. The zero-order valence-corrected chi connectivity index (χ0v) is 12.0. The molecular formula is C15H26N2O. The first-order chi connectivity index (χ1) is 8.54. The summed E-state index contributed by atoms with van der Waals surface area (Å²) in [4.78, 5) is 2.23. The molecule has 0 aromatic heterocycles. The summed E-state index contributed by atoms with van der Waals surface area (Å²) >= 11 is 0. The molecule has 0 aliphatic heterocycles. The van der Waals surface area contributed by atoms with Gasteiger partial charge in [0.15, 0.2) is 0 Å². The molecule has 3 heteroatoms. The van der Waals surface area contributed by atoms with Crippen molar-refractivity contribution in [2.75, 3.05) is 32.1 Å². The van der Waals surface area contributed by atoms with Gasteiger partial charge in [0.2, 0.25) is 0 Å². The number of hydrogen-bond acceptors (Lipinski definition) is 3. The second-order valence-corrected chi connectivity index (χ2v) is 5.16. The molecule has 18 heavy (non-hydrogen) atoms. The van der Waals surface area contributed by atoms with E-state index in [0.717, 1.165) is 19.4 Å². The summed E-state index contributed by atoms with van der Waals surface area (Å²) in [5, 5.41) is 12.5. The predicted octanol–water partition coefficient (Wildman–Crippen LogP) is 2.05. The van der Waals surface area contributed by atoms with Crippen molar-refractivity contribution in [2.45, 2.75) is 32.2 Å². The summed E-state index contributed by atoms with van der Waals surface area (Å²) in [6, 6.07) is 8.67. The van der Waals surface area contributed by atoms with Gasteiger partial charge >= 0.3 is 0 Å². The van der Waals surface area contributed by atoms with E-state index in [1.807, 2.05) is 14.0 Å². The third-order valence-corrected chi connectivity index (χ3v) is 3.74. The van der Waals surface area contributed by atoms with Gasteiger partial charge in [0.1, 0.15) is 0 Å². The van der Waals surface area contributed by atoms with Crippen LogP contribution >= 0.6 is 0 Å². The van der Waals surface area contributed by atoms with Crippen molar-refractivity contribution in [1.82, 2.24) is 5.32 Å². The van der Waals surface area contributed by atoms with Crippen molar-refractivity contribution in [3.8, 4) is 0 Å². The van der Waals surface area contributed by atoms with Crippen LogP contribution in [-0.2, 0) is 6.42 Å². The maximum atomic E-state index is 9.36. The molecule has 0 fully saturated rings. The summed E-state index contributed by atoms with van der Waals surface area (Å²) in [7, 11) is 3.99. The molecule has 0 aliphatic rings. The second kappa shape index (κ2) is 6.76. The fourth-order valence-corrected chi connectivity index (χ4v) is 1.81. The zero-order chi connectivity index (χ0) is 13.6. The summed E-state index contributed by atoms with van der Waals surface area (Å²) in [6.07, 6.45) is 1.98. The van der Waals surface area contributed by atoms with Crippen molar-refractivity contribution < 1.29 is 5.11 Å². The number of anilines is 1. The standard InChI is InChI=1S/C15H26N2O/c1-5-13-6-8-14(9-7-13)17(4)11-10-15(2,12-18)16-3/h6-9,16,18H,5,10-12H2,1-4H3. The van der Waals surface area contributed by atoms with Crippen LogP contribution in [0.25, 0.3) is 0 Å². The lowest BCUT2D eigenvalue weighted by atomic mass is 9.99. The first kappa shape index (κ1) is 15.0. The van der Waals surface area contributed by atoms with Crippen LogP contribution in [0.15, 0.2) is 24.3 Å². The smallest absolute Gasteiger partial charge is 0.0611 e. The minimum Gasteiger partial charge on any atom is -0.394 e. The summed E-state index contributed by atoms with van der Waals surface area (Å²) in [6.45, 7) is 5.29. The molecule has 102 valence electrons. The van der Waals surface area contributed by atoms with E-state index in [4.69, 9.17) is 0 Å². The van der Waals surface area contributed by atoms with E-state index in [-0.39, 0.29) is 12.1 Å². The van der Waals surface area contributed by atoms with E-state index in [1.165, 1.54) is 11.3 Å². The number of aliphatic hydroxyl groups is 1. The van der Waals surface area contributed by atoms with E-state index >= 15 is 0 Å². The molecule has 0 amide bonds. The molecule has 0 heterocycles. The predicted molar refractivity (Wildman–Crippen MR) is 78.3 cm³/mol. The highest BCUT2D eigenvalue weighted by Gasteiger charge is 2.20. The summed E-state index contributed by atoms with van der Waals surface area (Å²) < 4.78 is 0. The number of rotatable bonds is 7. The minimum atomic E-state index is -0.197. The third-order valence-electron chi connectivity index (χ3n) is 3.74. The van der Waals surface area contributed by atoms with Gasteiger partial charge in [-0.15, -0.1) is 0 Å². The Morgan fingerprint density at radius 1 is 1.28 bits per heavy atom. The highest BCUT2D eigenvalue weighted by atomic mass is 16.3. The van der Waals surface area contributed by atoms with Crippen LogP contribution < -0.4 is 10.2 Å². The van der Waals surface area contributed by atoms with Gasteiger partial charge in [-0.05, 0) is 44.5 Å². The minimum absolute atomic E-state index is 0.159. The normalized spacial score (nSPS) is 14.3. The maximum Gasteiger partial charge on any atom is 0.0611 e. The first-order valence-corrected chi connectivity index (χ1v) is 6.64. The lowest BCUT2D eigenvalue weighted by Gasteiger charge is -2.30. The SMILES string of the molecule is CCc1ccc(N(C)CCC(C)(CO)NC)cc1. The Morgan fingerprint density at radius 3 is 2.33 bits per heavy atom. The van der Waals surface area contributed by atoms with Crippen molar-refractivity contribution in [1.29, 1.82) is 0 Å². The highest BCUT2D eigenvalue weighted by molar-refractivity contribution is 5.46. The quantitative estimate of drug-likeness (QED) is 0.777. The molecule has 0 radical (unpaired) electrons. The molecule has 0 aliphatic carbocycles. The van der Waals surface area contributed by atoms with Gasteiger partial charge in [0, 0.05) is 24.8 Å². The molecule has 1 atom stereocenters. The molecule has 2 N–H and O–H groups in total. The highest BCUT2D eigenvalue weighted by Crippen LogP contribution is 2.16. The number of aryl methyl sites for hydroxylation is 1. The lowest BCUT2D eigenvalue weighted by molar-refractivity contribution is 0.175. The topological polar surface area (TPSA) is 35.5 Å². The van der Waals surface area contributed by atoms with Crippen LogP contribution in [0.1, 0.15) is 25.8 Å². The Labute approximate surface area is 111 Å². The Morgan fingerprint density at radius 2 is 1.89 bits per heavy atom. The number of benzene rings is 1. The van der Waals surface area contributed by atoms with Crippen LogP contribution in [0, 0.1) is 0 Å². The molecule has 1 aromatic rings. The number of nitrogens with zero attached hydrogens (tertiary/aromatic N) is 1. The fourth-order valence-electron chi connectivity index (χ4n) is 1.81. The molecular weight excluding hydrogens is 224 g/mol. The second-order valence-electron chi connectivity index (χ2n) is 5.16. The Kier molecular flexibility index (Phi) is 5.63. The van der Waals surface area contributed by atoms with Crippen LogP contribution in [-0.4, -0.2) is 37.9 Å². The van der Waals surface area contributed by atoms with E-state index in [2.05, 4.69) is 48.5 Å². The van der Waals surface area contributed by atoms with E-state index < -0.39 is 0 Å². The molecule has 1 rings (SSSR count). The molecule has 0 saturated heterocycles. The van der Waals surface area contributed by atoms with Gasteiger partial charge in [0.05, 0.1) is 6.61 Å². The van der Waals surface area contributed by atoms with Crippen LogP contribution in [0.4, 0.5) is 5.69 Å². The molecule has 3 nitrogen and oxygen atoms in total. The van der Waals surface area contributed by atoms with Crippen LogP contribution in [0.2, 0.25) is 0 Å². The average Bonchev–Trinajstić information content (AvgIpc) is 2.44. The van der Waals surface area contributed by atoms with E-state index in [1.54, 1.807) is 0 Å². The van der Waals surface area contributed by atoms with Crippen molar-refractivity contribution in [3.05, 3.63) is 29.8 Å². The lowest BCUT2D eigenvalue weighted by Crippen LogP contribution is -2.45. The first-order valence-electron chi connectivity index (χ1n) is 6.64.